The molecule has 1 aliphatic heterocycles. The lowest BCUT2D eigenvalue weighted by Crippen LogP contribution is -2.38. The van der Waals surface area contributed by atoms with Gasteiger partial charge in [0.2, 0.25) is 5.91 Å². The fourth-order valence-electron chi connectivity index (χ4n) is 4.46. The maximum Gasteiger partial charge on any atom is 0.409 e. The third kappa shape index (κ3) is 11.0. The minimum Gasteiger partial charge on any atom is -0.449 e. The number of ether oxygens (including phenoxy) is 1. The molecule has 1 aromatic rings. The predicted octanol–water partition coefficient (Wildman–Crippen LogP) is 4.23. The summed E-state index contributed by atoms with van der Waals surface area (Å²) in [6.45, 7) is 14.9. The van der Waals surface area contributed by atoms with Crippen molar-refractivity contribution in [3.63, 3.8) is 0 Å². The Morgan fingerprint density at radius 1 is 1.08 bits per heavy atom. The Kier molecular flexibility index (Phi) is 11.9. The van der Waals surface area contributed by atoms with Crippen molar-refractivity contribution in [2.75, 3.05) is 52.1 Å². The molecule has 9 heteroatoms. The smallest absolute Gasteiger partial charge is 0.409 e. The first kappa shape index (κ1) is 31.1. The van der Waals surface area contributed by atoms with Crippen LogP contribution in [-0.4, -0.2) is 93.3 Å². The Labute approximate surface area is 224 Å². The number of hydrogen-bond donors (Lipinski definition) is 0. The van der Waals surface area contributed by atoms with E-state index in [2.05, 4.69) is 18.7 Å². The summed E-state index contributed by atoms with van der Waals surface area (Å²) in [5.74, 6) is 0.0995. The molecule has 0 saturated carbocycles. The summed E-state index contributed by atoms with van der Waals surface area (Å²) in [5, 5.41) is 0. The Bertz CT molecular complexity index is 973. The Morgan fingerprint density at radius 3 is 2.35 bits per heavy atom. The molecule has 37 heavy (non-hydrogen) atoms. The van der Waals surface area contributed by atoms with Gasteiger partial charge in [-0.25, -0.2) is 13.2 Å². The number of amides is 2. The summed E-state index contributed by atoms with van der Waals surface area (Å²) in [4.78, 5) is 31.4. The fourth-order valence-corrected chi connectivity index (χ4v) is 5.09. The number of unbranched alkanes of at least 4 members (excludes halogenated alkanes) is 1. The Balaban J connectivity index is 1.80. The maximum atomic E-state index is 12.6. The molecule has 0 spiro atoms. The molecule has 0 radical (unpaired) electrons. The molecule has 2 amide bonds. The van der Waals surface area contributed by atoms with Gasteiger partial charge in [-0.1, -0.05) is 39.8 Å². The van der Waals surface area contributed by atoms with Gasteiger partial charge in [-0.3, -0.25) is 4.79 Å². The van der Waals surface area contributed by atoms with Crippen LogP contribution in [0.1, 0.15) is 65.9 Å². The number of sulfone groups is 1. The van der Waals surface area contributed by atoms with Gasteiger partial charge in [-0.15, -0.1) is 0 Å². The molecule has 0 aromatic heterocycles. The molecular formula is C28H47N3O5S. The lowest BCUT2D eigenvalue weighted by molar-refractivity contribution is -0.130. The average Bonchev–Trinajstić information content (AvgIpc) is 3.00. The molecule has 210 valence electrons. The van der Waals surface area contributed by atoms with Gasteiger partial charge in [0.1, 0.15) is 0 Å². The van der Waals surface area contributed by atoms with Crippen molar-refractivity contribution in [3.05, 3.63) is 29.8 Å². The lowest BCUT2D eigenvalue weighted by Gasteiger charge is -2.29. The zero-order valence-corrected chi connectivity index (χ0v) is 24.5. The highest BCUT2D eigenvalue weighted by Crippen LogP contribution is 2.16. The van der Waals surface area contributed by atoms with Gasteiger partial charge in [0, 0.05) is 44.9 Å². The van der Waals surface area contributed by atoms with Crippen LogP contribution in [0.2, 0.25) is 0 Å². The largest absolute Gasteiger partial charge is 0.449 e. The summed E-state index contributed by atoms with van der Waals surface area (Å²) >= 11 is 0. The van der Waals surface area contributed by atoms with Crippen molar-refractivity contribution < 1.29 is 22.7 Å². The normalized spacial score (nSPS) is 16.1. The predicted molar refractivity (Wildman–Crippen MR) is 147 cm³/mol. The molecule has 1 fully saturated rings. The van der Waals surface area contributed by atoms with Gasteiger partial charge in [0.05, 0.1) is 11.5 Å². The summed E-state index contributed by atoms with van der Waals surface area (Å²) in [5.41, 5.74) is 1.04. The van der Waals surface area contributed by atoms with E-state index >= 15 is 0 Å². The quantitative estimate of drug-likeness (QED) is 0.371. The van der Waals surface area contributed by atoms with E-state index in [1.54, 1.807) is 17.0 Å². The van der Waals surface area contributed by atoms with Crippen molar-refractivity contribution in [1.82, 2.24) is 14.7 Å². The van der Waals surface area contributed by atoms with Crippen molar-refractivity contribution in [2.45, 2.75) is 77.7 Å². The van der Waals surface area contributed by atoms with Crippen LogP contribution >= 0.6 is 0 Å². The molecule has 1 unspecified atom stereocenters. The van der Waals surface area contributed by atoms with E-state index in [0.717, 1.165) is 44.3 Å². The average molecular weight is 538 g/mol. The van der Waals surface area contributed by atoms with Crippen LogP contribution in [0.4, 0.5) is 4.79 Å². The molecule has 0 N–H and O–H groups in total. The summed E-state index contributed by atoms with van der Waals surface area (Å²) in [6, 6.07) is 7.52. The van der Waals surface area contributed by atoms with E-state index in [1.807, 2.05) is 37.8 Å². The highest BCUT2D eigenvalue weighted by Gasteiger charge is 2.25. The number of rotatable bonds is 12. The fraction of sp³-hybridized carbons (Fsp3) is 0.714. The molecule has 1 aromatic carbocycles. The molecular weight excluding hydrogens is 490 g/mol. The van der Waals surface area contributed by atoms with Crippen LogP contribution < -0.4 is 0 Å². The first-order valence-electron chi connectivity index (χ1n) is 13.5. The standard InChI is InChI=1S/C28H47N3O5S/c1-7-15-29(23(2)21-24-10-12-25(13-11-24)37(6,34)35)16-8-9-17-30-19-20-31(18-14-26(30)32)27(33)36-22-28(3,4)5/h10-13,23H,7-9,14-22H2,1-6H3. The topological polar surface area (TPSA) is 87.2 Å². The van der Waals surface area contributed by atoms with Crippen LogP contribution in [-0.2, 0) is 25.8 Å². The van der Waals surface area contributed by atoms with Crippen molar-refractivity contribution in [1.29, 1.82) is 0 Å². The molecule has 8 nitrogen and oxygen atoms in total. The second kappa shape index (κ2) is 14.1. The van der Waals surface area contributed by atoms with E-state index in [9.17, 15) is 18.0 Å². The van der Waals surface area contributed by atoms with Crippen LogP contribution in [0.15, 0.2) is 29.2 Å². The van der Waals surface area contributed by atoms with E-state index in [4.69, 9.17) is 4.74 Å². The molecule has 0 aliphatic carbocycles. The molecule has 1 heterocycles. The van der Waals surface area contributed by atoms with Crippen LogP contribution in [0.5, 0.6) is 0 Å². The van der Waals surface area contributed by atoms with Crippen molar-refractivity contribution in [2.24, 2.45) is 5.41 Å². The number of carbonyl (C=O) groups excluding carboxylic acids is 2. The molecule has 1 aliphatic rings. The third-order valence-corrected chi connectivity index (χ3v) is 7.74. The van der Waals surface area contributed by atoms with Crippen molar-refractivity contribution >= 4 is 21.8 Å². The Morgan fingerprint density at radius 2 is 1.76 bits per heavy atom. The minimum absolute atomic E-state index is 0.0879. The highest BCUT2D eigenvalue weighted by atomic mass is 32.2. The number of benzene rings is 1. The van der Waals surface area contributed by atoms with Gasteiger partial charge in [0.25, 0.3) is 0 Å². The number of nitrogens with zero attached hydrogens (tertiary/aromatic N) is 3. The summed E-state index contributed by atoms with van der Waals surface area (Å²) < 4.78 is 28.8. The van der Waals surface area contributed by atoms with E-state index < -0.39 is 9.84 Å². The highest BCUT2D eigenvalue weighted by molar-refractivity contribution is 7.90. The van der Waals surface area contributed by atoms with Gasteiger partial charge in [-0.05, 0) is 68.8 Å². The zero-order valence-electron chi connectivity index (χ0n) is 23.7. The molecule has 0 bridgehead atoms. The molecule has 2 rings (SSSR count). The van der Waals surface area contributed by atoms with Gasteiger partial charge >= 0.3 is 6.09 Å². The maximum absolute atomic E-state index is 12.6. The van der Waals surface area contributed by atoms with Crippen LogP contribution in [0.3, 0.4) is 0 Å². The summed E-state index contributed by atoms with van der Waals surface area (Å²) in [7, 11) is -3.18. The second-order valence-corrected chi connectivity index (χ2v) is 13.5. The lowest BCUT2D eigenvalue weighted by atomic mass is 9.99. The minimum atomic E-state index is -3.18. The van der Waals surface area contributed by atoms with E-state index in [1.165, 1.54) is 6.26 Å². The van der Waals surface area contributed by atoms with Crippen LogP contribution in [0.25, 0.3) is 0 Å². The third-order valence-electron chi connectivity index (χ3n) is 6.62. The van der Waals surface area contributed by atoms with E-state index in [-0.39, 0.29) is 17.4 Å². The second-order valence-electron chi connectivity index (χ2n) is 11.4. The number of hydrogen-bond acceptors (Lipinski definition) is 6. The van der Waals surface area contributed by atoms with Crippen molar-refractivity contribution in [3.8, 4) is 0 Å². The summed E-state index contributed by atoms with van der Waals surface area (Å²) in [6.07, 6.45) is 5.04. The van der Waals surface area contributed by atoms with Crippen LogP contribution in [0, 0.1) is 5.41 Å². The first-order valence-corrected chi connectivity index (χ1v) is 15.4. The Hall–Kier alpha value is -2.13. The van der Waals surface area contributed by atoms with Gasteiger partial charge in [0.15, 0.2) is 9.84 Å². The molecule has 1 saturated heterocycles. The van der Waals surface area contributed by atoms with E-state index in [0.29, 0.717) is 50.1 Å². The first-order chi connectivity index (χ1) is 17.3. The number of carbonyl (C=O) groups is 2. The van der Waals surface area contributed by atoms with Gasteiger partial charge in [-0.2, -0.15) is 0 Å². The molecule has 1 atom stereocenters. The monoisotopic (exact) mass is 537 g/mol. The van der Waals surface area contributed by atoms with Gasteiger partial charge < -0.3 is 19.4 Å². The SMILES string of the molecule is CCCN(CCCCN1CCN(C(=O)OCC(C)(C)C)CCC1=O)C(C)Cc1ccc(S(C)(=O)=O)cc1. The zero-order chi connectivity index (χ0) is 27.6.